The van der Waals surface area contributed by atoms with E-state index in [4.69, 9.17) is 14.6 Å². The zero-order valence-corrected chi connectivity index (χ0v) is 20.3. The number of carboxylic acids is 1. The van der Waals surface area contributed by atoms with Crippen LogP contribution in [0.25, 0.3) is 0 Å². The molecule has 0 spiro atoms. The number of benzene rings is 3. The van der Waals surface area contributed by atoms with E-state index in [2.05, 4.69) is 0 Å². The number of anilines is 2. The van der Waals surface area contributed by atoms with Gasteiger partial charge in [0.2, 0.25) is 0 Å². The van der Waals surface area contributed by atoms with Crippen LogP contribution in [0.3, 0.4) is 0 Å². The first kappa shape index (κ1) is 26.2. The molecule has 0 aliphatic carbocycles. The molecule has 0 unspecified atom stereocenters. The maximum Gasteiger partial charge on any atom is 0.446 e. The van der Waals surface area contributed by atoms with Crippen LogP contribution in [0, 0.1) is 0 Å². The van der Waals surface area contributed by atoms with Gasteiger partial charge in [0, 0.05) is 29.2 Å². The van der Waals surface area contributed by atoms with Gasteiger partial charge in [0.15, 0.2) is 18.1 Å². The van der Waals surface area contributed by atoms with Crippen molar-refractivity contribution in [3.8, 4) is 11.5 Å². The molecule has 7 nitrogen and oxygen atoms in total. The molecule has 0 fully saturated rings. The molecule has 0 aromatic heterocycles. The molecule has 4 rings (SSSR count). The minimum absolute atomic E-state index is 0.0206. The number of ether oxygens (including phenoxy) is 2. The second-order valence-corrected chi connectivity index (χ2v) is 9.13. The highest BCUT2D eigenvalue weighted by atomic mass is 32.2. The lowest BCUT2D eigenvalue weighted by Gasteiger charge is -2.34. The summed E-state index contributed by atoms with van der Waals surface area (Å²) in [6.07, 6.45) is 0. The lowest BCUT2D eigenvalue weighted by atomic mass is 10.1. The standard InChI is InChI=1S/C26H23F3N2O5S/c27-26(28,29)37-20-9-4-8-19(16-20)31(25(34)18-6-2-1-3-7-18)13-12-30-14-15-35-24-21(30)10-5-11-22(24)36-17-23(32)33/h1-11,16H,12-15,17H2,(H,32,33). The number of carbonyl (C=O) groups excluding carboxylic acids is 1. The van der Waals surface area contributed by atoms with Gasteiger partial charge in [-0.3, -0.25) is 4.79 Å². The van der Waals surface area contributed by atoms with Crippen molar-refractivity contribution in [1.82, 2.24) is 0 Å². The summed E-state index contributed by atoms with van der Waals surface area (Å²) in [5, 5.41) is 8.93. The Morgan fingerprint density at radius 3 is 2.54 bits per heavy atom. The topological polar surface area (TPSA) is 79.3 Å². The number of carboxylic acid groups (broad SMARTS) is 1. The number of carbonyl (C=O) groups is 2. The summed E-state index contributed by atoms with van der Waals surface area (Å²) in [5.41, 5.74) is -3.04. The molecule has 1 amide bonds. The summed E-state index contributed by atoms with van der Waals surface area (Å²) in [7, 11) is 0. The van der Waals surface area contributed by atoms with E-state index in [-0.39, 0.29) is 29.1 Å². The molecule has 1 aliphatic rings. The van der Waals surface area contributed by atoms with E-state index < -0.39 is 18.1 Å². The number of thioether (sulfide) groups is 1. The Hall–Kier alpha value is -3.86. The second-order valence-electron chi connectivity index (χ2n) is 7.99. The molecule has 3 aromatic carbocycles. The zero-order valence-electron chi connectivity index (χ0n) is 19.5. The fraction of sp³-hybridized carbons (Fsp3) is 0.231. The maximum atomic E-state index is 13.4. The Balaban J connectivity index is 1.60. The number of halogens is 3. The van der Waals surface area contributed by atoms with E-state index in [1.165, 1.54) is 23.1 Å². The number of aliphatic carboxylic acids is 1. The molecule has 1 heterocycles. The molecule has 194 valence electrons. The first-order chi connectivity index (χ1) is 17.7. The van der Waals surface area contributed by atoms with Crippen LogP contribution in [0.5, 0.6) is 11.5 Å². The van der Waals surface area contributed by atoms with Gasteiger partial charge >= 0.3 is 11.5 Å². The molecular formula is C26H23F3N2O5S. The molecule has 0 saturated heterocycles. The van der Waals surface area contributed by atoms with Crippen molar-refractivity contribution in [3.63, 3.8) is 0 Å². The van der Waals surface area contributed by atoms with Crippen molar-refractivity contribution in [2.45, 2.75) is 10.4 Å². The van der Waals surface area contributed by atoms with Crippen LogP contribution in [0.2, 0.25) is 0 Å². The predicted octanol–water partition coefficient (Wildman–Crippen LogP) is 5.31. The summed E-state index contributed by atoms with van der Waals surface area (Å²) in [6.45, 7) is 0.796. The number of fused-ring (bicyclic) bond motifs is 1. The third-order valence-corrected chi connectivity index (χ3v) is 6.20. The summed E-state index contributed by atoms with van der Waals surface area (Å²) in [6, 6.07) is 19.4. The van der Waals surface area contributed by atoms with E-state index in [1.54, 1.807) is 54.6 Å². The number of rotatable bonds is 9. The van der Waals surface area contributed by atoms with Crippen LogP contribution in [0.4, 0.5) is 24.5 Å². The lowest BCUT2D eigenvalue weighted by molar-refractivity contribution is -0.139. The largest absolute Gasteiger partial charge is 0.486 e. The fourth-order valence-electron chi connectivity index (χ4n) is 3.92. The maximum absolute atomic E-state index is 13.4. The highest BCUT2D eigenvalue weighted by Crippen LogP contribution is 2.40. The quantitative estimate of drug-likeness (QED) is 0.375. The van der Waals surface area contributed by atoms with Crippen molar-refractivity contribution in [3.05, 3.63) is 78.4 Å². The third-order valence-electron chi connectivity index (χ3n) is 5.48. The number of para-hydroxylation sites is 1. The molecule has 37 heavy (non-hydrogen) atoms. The Kier molecular flexibility index (Phi) is 8.12. The van der Waals surface area contributed by atoms with Crippen LogP contribution in [-0.4, -0.2) is 55.3 Å². The minimum Gasteiger partial charge on any atom is -0.486 e. The summed E-state index contributed by atoms with van der Waals surface area (Å²) in [5.74, 6) is -0.772. The van der Waals surface area contributed by atoms with Gasteiger partial charge < -0.3 is 24.4 Å². The Morgan fingerprint density at radius 1 is 1.05 bits per heavy atom. The Morgan fingerprint density at radius 2 is 1.81 bits per heavy atom. The van der Waals surface area contributed by atoms with Crippen molar-refractivity contribution in [2.24, 2.45) is 0 Å². The molecule has 0 atom stereocenters. The first-order valence-electron chi connectivity index (χ1n) is 11.3. The number of amides is 1. The Bertz CT molecular complexity index is 1260. The van der Waals surface area contributed by atoms with Crippen LogP contribution < -0.4 is 19.3 Å². The number of hydrogen-bond acceptors (Lipinski definition) is 6. The highest BCUT2D eigenvalue weighted by Gasteiger charge is 2.30. The van der Waals surface area contributed by atoms with Gasteiger partial charge in [-0.1, -0.05) is 30.3 Å². The van der Waals surface area contributed by atoms with Gasteiger partial charge in [-0.05, 0) is 54.2 Å². The molecule has 1 aliphatic heterocycles. The molecule has 0 radical (unpaired) electrons. The fourth-order valence-corrected chi connectivity index (χ4v) is 4.51. The predicted molar refractivity (Wildman–Crippen MR) is 134 cm³/mol. The van der Waals surface area contributed by atoms with Gasteiger partial charge in [0.1, 0.15) is 6.61 Å². The van der Waals surface area contributed by atoms with Crippen LogP contribution >= 0.6 is 11.8 Å². The van der Waals surface area contributed by atoms with Crippen LogP contribution in [0.1, 0.15) is 10.4 Å². The van der Waals surface area contributed by atoms with Gasteiger partial charge in [0.05, 0.1) is 12.2 Å². The summed E-state index contributed by atoms with van der Waals surface area (Å²) < 4.78 is 50.0. The average molecular weight is 533 g/mol. The van der Waals surface area contributed by atoms with Gasteiger partial charge in [-0.15, -0.1) is 0 Å². The molecular weight excluding hydrogens is 509 g/mol. The van der Waals surface area contributed by atoms with Crippen LogP contribution in [-0.2, 0) is 4.79 Å². The van der Waals surface area contributed by atoms with Gasteiger partial charge in [-0.2, -0.15) is 13.2 Å². The van der Waals surface area contributed by atoms with E-state index >= 15 is 0 Å². The number of hydrogen-bond donors (Lipinski definition) is 1. The lowest BCUT2D eigenvalue weighted by Crippen LogP contribution is -2.42. The summed E-state index contributed by atoms with van der Waals surface area (Å²) >= 11 is -0.236. The van der Waals surface area contributed by atoms with Crippen molar-refractivity contribution >= 4 is 35.0 Å². The second kappa shape index (κ2) is 11.5. The first-order valence-corrected chi connectivity index (χ1v) is 12.1. The molecule has 1 N–H and O–H groups in total. The van der Waals surface area contributed by atoms with Crippen LogP contribution in [0.15, 0.2) is 77.7 Å². The van der Waals surface area contributed by atoms with E-state index in [1.807, 2.05) is 4.90 Å². The SMILES string of the molecule is O=C(O)COc1cccc2c1OCCN2CCN(C(=O)c1ccccc1)c1cccc(SC(F)(F)F)c1. The number of nitrogens with zero attached hydrogens (tertiary/aromatic N) is 2. The van der Waals surface area contributed by atoms with Crippen molar-refractivity contribution < 1.29 is 37.3 Å². The van der Waals surface area contributed by atoms with E-state index in [0.717, 1.165) is 0 Å². The van der Waals surface area contributed by atoms with Crippen molar-refractivity contribution in [1.29, 1.82) is 0 Å². The minimum atomic E-state index is -4.45. The molecule has 11 heteroatoms. The molecule has 0 bridgehead atoms. The zero-order chi connectivity index (χ0) is 26.4. The van der Waals surface area contributed by atoms with E-state index in [9.17, 15) is 22.8 Å². The normalized spacial score (nSPS) is 12.9. The highest BCUT2D eigenvalue weighted by molar-refractivity contribution is 8.00. The van der Waals surface area contributed by atoms with Gasteiger partial charge in [0.25, 0.3) is 5.91 Å². The third kappa shape index (κ3) is 6.88. The molecule has 0 saturated carbocycles. The van der Waals surface area contributed by atoms with E-state index in [0.29, 0.717) is 48.1 Å². The number of alkyl halides is 3. The summed E-state index contributed by atoms with van der Waals surface area (Å²) in [4.78, 5) is 27.8. The van der Waals surface area contributed by atoms with Crippen molar-refractivity contribution in [2.75, 3.05) is 42.6 Å². The Labute approximate surface area is 215 Å². The van der Waals surface area contributed by atoms with Gasteiger partial charge in [-0.25, -0.2) is 4.79 Å². The monoisotopic (exact) mass is 532 g/mol. The average Bonchev–Trinajstić information content (AvgIpc) is 2.87. The molecule has 3 aromatic rings. The smallest absolute Gasteiger partial charge is 0.446 e.